The molecular formula is C27H21BrN4O3. The molecule has 174 valence electrons. The van der Waals surface area contributed by atoms with E-state index in [9.17, 15) is 14.4 Å². The third kappa shape index (κ3) is 3.85. The summed E-state index contributed by atoms with van der Waals surface area (Å²) in [5.41, 5.74) is 3.98. The number of nitrogens with one attached hydrogen (secondary N) is 1. The van der Waals surface area contributed by atoms with Crippen LogP contribution in [0.4, 0.5) is 10.5 Å². The van der Waals surface area contributed by atoms with Crippen LogP contribution in [0.1, 0.15) is 22.5 Å². The number of anilines is 1. The molecule has 35 heavy (non-hydrogen) atoms. The zero-order valence-corrected chi connectivity index (χ0v) is 20.9. The number of imide groups is 2. The number of amides is 4. The van der Waals surface area contributed by atoms with E-state index >= 15 is 0 Å². The van der Waals surface area contributed by atoms with Crippen molar-refractivity contribution in [2.45, 2.75) is 20.8 Å². The molecule has 0 spiro atoms. The molecule has 2 heterocycles. The zero-order chi connectivity index (χ0) is 24.9. The molecule has 1 N–H and O–H groups in total. The Morgan fingerprint density at radius 1 is 0.914 bits per heavy atom. The lowest BCUT2D eigenvalue weighted by Gasteiger charge is -2.27. The van der Waals surface area contributed by atoms with Crippen molar-refractivity contribution in [3.63, 3.8) is 0 Å². The Bertz CT molecular complexity index is 1580. The van der Waals surface area contributed by atoms with Gasteiger partial charge in [0.2, 0.25) is 0 Å². The van der Waals surface area contributed by atoms with Gasteiger partial charge in [0.15, 0.2) is 0 Å². The second kappa shape index (κ2) is 8.63. The molecule has 8 heteroatoms. The highest BCUT2D eigenvalue weighted by molar-refractivity contribution is 9.10. The van der Waals surface area contributed by atoms with Gasteiger partial charge < -0.3 is 0 Å². The molecule has 4 amide bonds. The Morgan fingerprint density at radius 3 is 2.43 bits per heavy atom. The van der Waals surface area contributed by atoms with Crippen LogP contribution < -0.4 is 10.2 Å². The third-order valence-electron chi connectivity index (χ3n) is 6.13. The summed E-state index contributed by atoms with van der Waals surface area (Å²) >= 11 is 3.39. The second-order valence-corrected chi connectivity index (χ2v) is 9.30. The number of hydrogen-bond acceptors (Lipinski definition) is 4. The molecule has 1 aromatic heterocycles. The van der Waals surface area contributed by atoms with Crippen LogP contribution in [0.2, 0.25) is 0 Å². The van der Waals surface area contributed by atoms with Crippen LogP contribution in [0.5, 0.6) is 0 Å². The number of fused-ring (bicyclic) bond motifs is 1. The predicted octanol–water partition coefficient (Wildman–Crippen LogP) is 5.38. The van der Waals surface area contributed by atoms with E-state index in [-0.39, 0.29) is 5.57 Å². The van der Waals surface area contributed by atoms with Crippen LogP contribution in [0.15, 0.2) is 70.7 Å². The Balaban J connectivity index is 1.61. The van der Waals surface area contributed by atoms with E-state index in [0.717, 1.165) is 31.5 Å². The normalized spacial score (nSPS) is 15.3. The first-order chi connectivity index (χ1) is 16.8. The van der Waals surface area contributed by atoms with Gasteiger partial charge in [-0.3, -0.25) is 14.9 Å². The zero-order valence-electron chi connectivity index (χ0n) is 19.3. The van der Waals surface area contributed by atoms with Crippen molar-refractivity contribution in [1.82, 2.24) is 15.1 Å². The van der Waals surface area contributed by atoms with Gasteiger partial charge in [-0.2, -0.15) is 5.10 Å². The standard InChI is InChI=1S/C27H21BrN4O3/c1-15-13-19(28)11-12-23(15)31-26(34)22(25(33)29-27(31)35)14-21-16(2)30-32(17(21)3)24-10-6-8-18-7-4-5-9-20(18)24/h4-14H,1-3H3,(H,29,33,35)/b22-14-. The van der Waals surface area contributed by atoms with E-state index in [4.69, 9.17) is 5.10 Å². The van der Waals surface area contributed by atoms with Crippen LogP contribution in [0.25, 0.3) is 22.5 Å². The minimum Gasteiger partial charge on any atom is -0.273 e. The number of benzene rings is 3. The lowest BCUT2D eigenvalue weighted by Crippen LogP contribution is -2.54. The predicted molar refractivity (Wildman–Crippen MR) is 138 cm³/mol. The van der Waals surface area contributed by atoms with E-state index in [1.54, 1.807) is 25.1 Å². The number of halogens is 1. The molecular weight excluding hydrogens is 508 g/mol. The van der Waals surface area contributed by atoms with Crippen molar-refractivity contribution in [2.24, 2.45) is 0 Å². The molecule has 1 fully saturated rings. The van der Waals surface area contributed by atoms with Gasteiger partial charge in [0.1, 0.15) is 5.57 Å². The molecule has 5 rings (SSSR count). The SMILES string of the molecule is Cc1cc(Br)ccc1N1C(=O)NC(=O)/C(=C/c2c(C)nn(-c3cccc4ccccc34)c2C)C1=O. The Kier molecular flexibility index (Phi) is 5.61. The lowest BCUT2D eigenvalue weighted by molar-refractivity contribution is -0.122. The van der Waals surface area contributed by atoms with Crippen LogP contribution in [0.3, 0.4) is 0 Å². The number of urea groups is 1. The summed E-state index contributed by atoms with van der Waals surface area (Å²) in [6.07, 6.45) is 1.52. The summed E-state index contributed by atoms with van der Waals surface area (Å²) in [4.78, 5) is 39.7. The number of aromatic nitrogens is 2. The van der Waals surface area contributed by atoms with Crippen LogP contribution in [-0.4, -0.2) is 27.6 Å². The minimum atomic E-state index is -0.775. The van der Waals surface area contributed by atoms with E-state index < -0.39 is 17.8 Å². The number of carbonyl (C=O) groups is 3. The van der Waals surface area contributed by atoms with Gasteiger partial charge in [-0.05, 0) is 62.1 Å². The number of hydrogen-bond donors (Lipinski definition) is 1. The topological polar surface area (TPSA) is 84.3 Å². The van der Waals surface area contributed by atoms with Gasteiger partial charge in [0, 0.05) is 21.1 Å². The molecule has 1 saturated heterocycles. The van der Waals surface area contributed by atoms with E-state index in [1.807, 2.05) is 61.0 Å². The average molecular weight is 529 g/mol. The van der Waals surface area contributed by atoms with Crippen molar-refractivity contribution in [3.05, 3.63) is 93.2 Å². The highest BCUT2D eigenvalue weighted by Crippen LogP contribution is 2.30. The molecule has 0 bridgehead atoms. The van der Waals surface area contributed by atoms with E-state index in [0.29, 0.717) is 22.5 Å². The summed E-state index contributed by atoms with van der Waals surface area (Å²) < 4.78 is 2.64. The number of aryl methyl sites for hydroxylation is 2. The Hall–Kier alpha value is -4.04. The van der Waals surface area contributed by atoms with Gasteiger partial charge in [0.25, 0.3) is 11.8 Å². The third-order valence-corrected chi connectivity index (χ3v) is 6.63. The summed E-state index contributed by atoms with van der Waals surface area (Å²) in [5, 5.41) is 9.12. The number of barbiturate groups is 1. The number of carbonyl (C=O) groups excluding carboxylic acids is 3. The van der Waals surface area contributed by atoms with E-state index in [1.165, 1.54) is 6.08 Å². The quantitative estimate of drug-likeness (QED) is 0.285. The van der Waals surface area contributed by atoms with Crippen molar-refractivity contribution < 1.29 is 14.4 Å². The highest BCUT2D eigenvalue weighted by Gasteiger charge is 2.37. The molecule has 4 aromatic rings. The van der Waals surface area contributed by atoms with Crippen molar-refractivity contribution in [2.75, 3.05) is 4.90 Å². The van der Waals surface area contributed by atoms with Gasteiger partial charge in [0.05, 0.1) is 17.1 Å². The second-order valence-electron chi connectivity index (χ2n) is 8.38. The maximum Gasteiger partial charge on any atom is 0.335 e. The van der Waals surface area contributed by atoms with Crippen molar-refractivity contribution in [1.29, 1.82) is 0 Å². The number of nitrogens with zero attached hydrogens (tertiary/aromatic N) is 3. The van der Waals surface area contributed by atoms with Crippen LogP contribution in [-0.2, 0) is 9.59 Å². The van der Waals surface area contributed by atoms with Gasteiger partial charge in [-0.15, -0.1) is 0 Å². The first-order valence-corrected chi connectivity index (χ1v) is 11.8. The molecule has 0 unspecified atom stereocenters. The van der Waals surface area contributed by atoms with Crippen LogP contribution >= 0.6 is 15.9 Å². The molecule has 7 nitrogen and oxygen atoms in total. The molecule has 0 aliphatic carbocycles. The molecule has 0 radical (unpaired) electrons. The maximum atomic E-state index is 13.4. The molecule has 1 aliphatic rings. The molecule has 0 atom stereocenters. The first kappa shape index (κ1) is 22.7. The van der Waals surface area contributed by atoms with Gasteiger partial charge >= 0.3 is 6.03 Å². The van der Waals surface area contributed by atoms with E-state index in [2.05, 4.69) is 21.2 Å². The molecule has 0 saturated carbocycles. The van der Waals surface area contributed by atoms with Crippen molar-refractivity contribution in [3.8, 4) is 5.69 Å². The molecule has 3 aromatic carbocycles. The largest absolute Gasteiger partial charge is 0.335 e. The first-order valence-electron chi connectivity index (χ1n) is 11.0. The monoisotopic (exact) mass is 528 g/mol. The lowest BCUT2D eigenvalue weighted by atomic mass is 10.0. The fraction of sp³-hybridized carbons (Fsp3) is 0.111. The van der Waals surface area contributed by atoms with Crippen LogP contribution in [0, 0.1) is 20.8 Å². The number of rotatable bonds is 3. The Morgan fingerprint density at radius 2 is 1.66 bits per heavy atom. The van der Waals surface area contributed by atoms with Crippen molar-refractivity contribution >= 4 is 56.3 Å². The Labute approximate surface area is 210 Å². The average Bonchev–Trinajstić information content (AvgIpc) is 3.10. The highest BCUT2D eigenvalue weighted by atomic mass is 79.9. The summed E-state index contributed by atoms with van der Waals surface area (Å²) in [6.45, 7) is 5.51. The summed E-state index contributed by atoms with van der Waals surface area (Å²) in [5.74, 6) is -1.41. The summed E-state index contributed by atoms with van der Waals surface area (Å²) in [6, 6.07) is 18.4. The summed E-state index contributed by atoms with van der Waals surface area (Å²) in [7, 11) is 0. The van der Waals surface area contributed by atoms with Gasteiger partial charge in [-0.1, -0.05) is 52.3 Å². The minimum absolute atomic E-state index is 0.129. The fourth-order valence-electron chi connectivity index (χ4n) is 4.38. The maximum absolute atomic E-state index is 13.4. The molecule has 1 aliphatic heterocycles. The smallest absolute Gasteiger partial charge is 0.273 e. The fourth-order valence-corrected chi connectivity index (χ4v) is 4.86. The van der Waals surface area contributed by atoms with Gasteiger partial charge in [-0.25, -0.2) is 14.4 Å².